The summed E-state index contributed by atoms with van der Waals surface area (Å²) in [6.45, 7) is 5.82. The largest absolute Gasteiger partial charge is 0.398 e. The smallest absolute Gasteiger partial charge is 0.0494 e. The SMILES string of the molecule is CC(C)(CO)CNCc1sccc1N. The summed E-state index contributed by atoms with van der Waals surface area (Å²) in [6, 6.07) is 1.92. The molecule has 0 saturated carbocycles. The molecule has 14 heavy (non-hydrogen) atoms. The molecular formula is C10H18N2OS. The summed E-state index contributed by atoms with van der Waals surface area (Å²) in [5.41, 5.74) is 6.53. The van der Waals surface area contributed by atoms with Crippen LogP contribution < -0.4 is 11.1 Å². The zero-order valence-electron chi connectivity index (χ0n) is 8.71. The topological polar surface area (TPSA) is 58.3 Å². The summed E-state index contributed by atoms with van der Waals surface area (Å²) >= 11 is 1.66. The number of aliphatic hydroxyl groups excluding tert-OH is 1. The Morgan fingerprint density at radius 1 is 1.57 bits per heavy atom. The molecule has 0 aliphatic carbocycles. The van der Waals surface area contributed by atoms with Crippen molar-refractivity contribution in [3.05, 3.63) is 16.3 Å². The molecule has 4 N–H and O–H groups in total. The molecule has 0 spiro atoms. The van der Waals surface area contributed by atoms with Crippen molar-refractivity contribution in [2.75, 3.05) is 18.9 Å². The van der Waals surface area contributed by atoms with Crippen LogP contribution in [-0.4, -0.2) is 18.3 Å². The van der Waals surface area contributed by atoms with Gasteiger partial charge in [0, 0.05) is 35.7 Å². The maximum Gasteiger partial charge on any atom is 0.0494 e. The molecular weight excluding hydrogens is 196 g/mol. The van der Waals surface area contributed by atoms with E-state index in [0.29, 0.717) is 0 Å². The third-order valence-electron chi connectivity index (χ3n) is 2.10. The van der Waals surface area contributed by atoms with Crippen molar-refractivity contribution in [3.8, 4) is 0 Å². The second-order valence-electron chi connectivity index (χ2n) is 4.22. The van der Waals surface area contributed by atoms with E-state index in [1.807, 2.05) is 25.3 Å². The fourth-order valence-electron chi connectivity index (χ4n) is 1.06. The van der Waals surface area contributed by atoms with E-state index in [-0.39, 0.29) is 12.0 Å². The quantitative estimate of drug-likeness (QED) is 0.695. The monoisotopic (exact) mass is 214 g/mol. The molecule has 0 radical (unpaired) electrons. The van der Waals surface area contributed by atoms with Gasteiger partial charge in [-0.1, -0.05) is 13.8 Å². The molecule has 0 unspecified atom stereocenters. The Bertz CT molecular complexity index is 283. The van der Waals surface area contributed by atoms with Gasteiger partial charge >= 0.3 is 0 Å². The molecule has 1 heterocycles. The predicted octanol–water partition coefficient (Wildman–Crippen LogP) is 1.44. The summed E-state index contributed by atoms with van der Waals surface area (Å²) in [6.07, 6.45) is 0. The predicted molar refractivity (Wildman–Crippen MR) is 61.3 cm³/mol. The van der Waals surface area contributed by atoms with Crippen molar-refractivity contribution < 1.29 is 5.11 Å². The van der Waals surface area contributed by atoms with E-state index in [2.05, 4.69) is 5.32 Å². The number of anilines is 1. The highest BCUT2D eigenvalue weighted by molar-refractivity contribution is 7.10. The van der Waals surface area contributed by atoms with Crippen LogP contribution in [0.25, 0.3) is 0 Å². The number of nitrogens with two attached hydrogens (primary N) is 1. The highest BCUT2D eigenvalue weighted by atomic mass is 32.1. The summed E-state index contributed by atoms with van der Waals surface area (Å²) in [4.78, 5) is 1.17. The van der Waals surface area contributed by atoms with Gasteiger partial charge in [0.2, 0.25) is 0 Å². The van der Waals surface area contributed by atoms with Crippen molar-refractivity contribution in [2.45, 2.75) is 20.4 Å². The Hall–Kier alpha value is -0.580. The number of nitrogen functional groups attached to an aromatic ring is 1. The number of hydrogen-bond donors (Lipinski definition) is 3. The van der Waals surface area contributed by atoms with Gasteiger partial charge in [0.1, 0.15) is 0 Å². The Morgan fingerprint density at radius 3 is 2.79 bits per heavy atom. The Balaban J connectivity index is 2.32. The van der Waals surface area contributed by atoms with Crippen molar-refractivity contribution >= 4 is 17.0 Å². The normalized spacial score (nSPS) is 11.9. The summed E-state index contributed by atoms with van der Waals surface area (Å²) in [5, 5.41) is 14.3. The van der Waals surface area contributed by atoms with Gasteiger partial charge < -0.3 is 16.2 Å². The van der Waals surface area contributed by atoms with E-state index in [4.69, 9.17) is 10.8 Å². The van der Waals surface area contributed by atoms with Crippen LogP contribution in [0.1, 0.15) is 18.7 Å². The van der Waals surface area contributed by atoms with E-state index in [1.165, 1.54) is 4.88 Å². The van der Waals surface area contributed by atoms with E-state index in [9.17, 15) is 0 Å². The minimum Gasteiger partial charge on any atom is -0.398 e. The molecule has 0 aliphatic heterocycles. The highest BCUT2D eigenvalue weighted by Gasteiger charge is 2.15. The van der Waals surface area contributed by atoms with Crippen LogP contribution in [0.5, 0.6) is 0 Å². The zero-order valence-corrected chi connectivity index (χ0v) is 9.53. The molecule has 3 nitrogen and oxygen atoms in total. The van der Waals surface area contributed by atoms with E-state index in [1.54, 1.807) is 11.3 Å². The molecule has 4 heteroatoms. The van der Waals surface area contributed by atoms with Crippen molar-refractivity contribution in [3.63, 3.8) is 0 Å². The number of hydrogen-bond acceptors (Lipinski definition) is 4. The van der Waals surface area contributed by atoms with Crippen LogP contribution in [0, 0.1) is 5.41 Å². The van der Waals surface area contributed by atoms with E-state index < -0.39 is 0 Å². The van der Waals surface area contributed by atoms with Gasteiger partial charge in [-0.3, -0.25) is 0 Å². The summed E-state index contributed by atoms with van der Waals surface area (Å²) < 4.78 is 0. The highest BCUT2D eigenvalue weighted by Crippen LogP contribution is 2.19. The van der Waals surface area contributed by atoms with Crippen LogP contribution in [0.4, 0.5) is 5.69 Å². The minimum absolute atomic E-state index is 0.0635. The zero-order chi connectivity index (χ0) is 10.6. The molecule has 1 rings (SSSR count). The molecule has 0 aliphatic rings. The molecule has 80 valence electrons. The average molecular weight is 214 g/mol. The number of rotatable bonds is 5. The van der Waals surface area contributed by atoms with Crippen molar-refractivity contribution in [2.24, 2.45) is 5.41 Å². The standard InChI is InChI=1S/C10H18N2OS/c1-10(2,7-13)6-12-5-9-8(11)3-4-14-9/h3-4,12-13H,5-7,11H2,1-2H3. The van der Waals surface area contributed by atoms with Gasteiger partial charge in [-0.05, 0) is 11.4 Å². The fraction of sp³-hybridized carbons (Fsp3) is 0.600. The van der Waals surface area contributed by atoms with Crippen molar-refractivity contribution in [1.82, 2.24) is 5.32 Å². The lowest BCUT2D eigenvalue weighted by atomic mass is 9.95. The first-order valence-corrected chi connectivity index (χ1v) is 5.56. The molecule has 1 aromatic rings. The van der Waals surface area contributed by atoms with Gasteiger partial charge in [0.15, 0.2) is 0 Å². The van der Waals surface area contributed by atoms with Crippen LogP contribution >= 0.6 is 11.3 Å². The van der Waals surface area contributed by atoms with Crippen LogP contribution in [-0.2, 0) is 6.54 Å². The minimum atomic E-state index is -0.0635. The van der Waals surface area contributed by atoms with Gasteiger partial charge in [-0.25, -0.2) is 0 Å². The van der Waals surface area contributed by atoms with Gasteiger partial charge in [0.25, 0.3) is 0 Å². The molecule has 0 atom stereocenters. The first-order valence-electron chi connectivity index (χ1n) is 4.68. The average Bonchev–Trinajstić information content (AvgIpc) is 2.52. The Morgan fingerprint density at radius 2 is 2.29 bits per heavy atom. The van der Waals surface area contributed by atoms with Gasteiger partial charge in [-0.2, -0.15) is 0 Å². The second kappa shape index (κ2) is 4.77. The number of nitrogens with one attached hydrogen (secondary N) is 1. The first-order chi connectivity index (χ1) is 6.55. The second-order valence-corrected chi connectivity index (χ2v) is 5.23. The maximum absolute atomic E-state index is 9.04. The lowest BCUT2D eigenvalue weighted by Crippen LogP contribution is -2.31. The molecule has 0 amide bonds. The molecule has 1 aromatic heterocycles. The Labute approximate surface area is 88.9 Å². The molecule has 0 bridgehead atoms. The van der Waals surface area contributed by atoms with E-state index in [0.717, 1.165) is 18.8 Å². The third-order valence-corrected chi connectivity index (χ3v) is 3.03. The third kappa shape index (κ3) is 3.29. The van der Waals surface area contributed by atoms with Gasteiger partial charge in [-0.15, -0.1) is 11.3 Å². The van der Waals surface area contributed by atoms with Crippen LogP contribution in [0.3, 0.4) is 0 Å². The molecule has 0 fully saturated rings. The molecule has 0 aromatic carbocycles. The summed E-state index contributed by atoms with van der Waals surface area (Å²) in [5.74, 6) is 0. The van der Waals surface area contributed by atoms with Crippen LogP contribution in [0.15, 0.2) is 11.4 Å². The fourth-order valence-corrected chi connectivity index (χ4v) is 1.83. The maximum atomic E-state index is 9.04. The first kappa shape index (κ1) is 11.5. The number of thiophene rings is 1. The summed E-state index contributed by atoms with van der Waals surface area (Å²) in [7, 11) is 0. The lowest BCUT2D eigenvalue weighted by molar-refractivity contribution is 0.157. The van der Waals surface area contributed by atoms with Gasteiger partial charge in [0.05, 0.1) is 0 Å². The van der Waals surface area contributed by atoms with Crippen molar-refractivity contribution in [1.29, 1.82) is 0 Å². The molecule has 0 saturated heterocycles. The Kier molecular flexibility index (Phi) is 3.92. The lowest BCUT2D eigenvalue weighted by Gasteiger charge is -2.21. The van der Waals surface area contributed by atoms with Crippen LogP contribution in [0.2, 0.25) is 0 Å². The number of aliphatic hydroxyl groups is 1. The van der Waals surface area contributed by atoms with E-state index >= 15 is 0 Å².